The number of amides is 1. The molecular weight excluding hydrogens is 269 g/mol. The minimum Gasteiger partial charge on any atom is -0.324 e. The Morgan fingerprint density at radius 3 is 3.11 bits per heavy atom. The SMILES string of the molecule is O=C(CN1CCCNCC1)Nc1cc(F)ccc1Cl. The third kappa shape index (κ3) is 4.45. The fourth-order valence-corrected chi connectivity index (χ4v) is 2.21. The van der Waals surface area contributed by atoms with E-state index in [-0.39, 0.29) is 5.91 Å². The minimum absolute atomic E-state index is 0.172. The molecule has 1 heterocycles. The van der Waals surface area contributed by atoms with Crippen LogP contribution >= 0.6 is 11.6 Å². The van der Waals surface area contributed by atoms with Crippen molar-refractivity contribution in [2.75, 3.05) is 38.0 Å². The van der Waals surface area contributed by atoms with Gasteiger partial charge in [-0.3, -0.25) is 9.69 Å². The molecule has 0 bridgehead atoms. The van der Waals surface area contributed by atoms with Crippen molar-refractivity contribution in [2.24, 2.45) is 0 Å². The van der Waals surface area contributed by atoms with E-state index in [0.29, 0.717) is 17.3 Å². The first-order valence-electron chi connectivity index (χ1n) is 6.33. The summed E-state index contributed by atoms with van der Waals surface area (Å²) in [5.74, 6) is -0.590. The molecule has 1 aliphatic rings. The Morgan fingerprint density at radius 1 is 1.42 bits per heavy atom. The van der Waals surface area contributed by atoms with Gasteiger partial charge in [0.05, 0.1) is 17.3 Å². The molecule has 0 unspecified atom stereocenters. The summed E-state index contributed by atoms with van der Waals surface area (Å²) < 4.78 is 13.1. The van der Waals surface area contributed by atoms with Crippen molar-refractivity contribution in [1.29, 1.82) is 0 Å². The van der Waals surface area contributed by atoms with E-state index in [2.05, 4.69) is 15.5 Å². The van der Waals surface area contributed by atoms with Crippen LogP contribution in [0.2, 0.25) is 5.02 Å². The van der Waals surface area contributed by atoms with Crippen LogP contribution in [0.5, 0.6) is 0 Å². The van der Waals surface area contributed by atoms with Crippen molar-refractivity contribution in [3.05, 3.63) is 29.0 Å². The Balaban J connectivity index is 1.91. The Bertz CT molecular complexity index is 448. The van der Waals surface area contributed by atoms with E-state index in [4.69, 9.17) is 11.6 Å². The van der Waals surface area contributed by atoms with Gasteiger partial charge in [0.25, 0.3) is 0 Å². The van der Waals surface area contributed by atoms with Crippen LogP contribution in [0, 0.1) is 5.82 Å². The fourth-order valence-electron chi connectivity index (χ4n) is 2.05. The van der Waals surface area contributed by atoms with Crippen molar-refractivity contribution in [2.45, 2.75) is 6.42 Å². The second kappa shape index (κ2) is 6.84. The lowest BCUT2D eigenvalue weighted by Crippen LogP contribution is -2.35. The number of carbonyl (C=O) groups excluding carboxylic acids is 1. The summed E-state index contributed by atoms with van der Waals surface area (Å²) in [5.41, 5.74) is 0.319. The van der Waals surface area contributed by atoms with Crippen molar-refractivity contribution in [1.82, 2.24) is 10.2 Å². The van der Waals surface area contributed by atoms with Gasteiger partial charge in [-0.05, 0) is 37.7 Å². The van der Waals surface area contributed by atoms with Gasteiger partial charge in [-0.1, -0.05) is 11.6 Å². The van der Waals surface area contributed by atoms with Gasteiger partial charge >= 0.3 is 0 Å². The maximum Gasteiger partial charge on any atom is 0.238 e. The maximum absolute atomic E-state index is 13.1. The van der Waals surface area contributed by atoms with Gasteiger partial charge in [-0.2, -0.15) is 0 Å². The third-order valence-corrected chi connectivity index (χ3v) is 3.33. The lowest BCUT2D eigenvalue weighted by molar-refractivity contribution is -0.117. The molecule has 4 nitrogen and oxygen atoms in total. The van der Waals surface area contributed by atoms with Gasteiger partial charge in [0.2, 0.25) is 5.91 Å². The van der Waals surface area contributed by atoms with Crippen LogP contribution in [-0.4, -0.2) is 43.5 Å². The number of rotatable bonds is 3. The highest BCUT2D eigenvalue weighted by Crippen LogP contribution is 2.22. The maximum atomic E-state index is 13.1. The highest BCUT2D eigenvalue weighted by Gasteiger charge is 2.13. The summed E-state index contributed by atoms with van der Waals surface area (Å²) in [6.45, 7) is 3.89. The molecule has 2 rings (SSSR count). The van der Waals surface area contributed by atoms with Gasteiger partial charge in [0, 0.05) is 13.1 Å². The minimum atomic E-state index is -0.418. The van der Waals surface area contributed by atoms with Crippen LogP contribution in [0.1, 0.15) is 6.42 Å². The van der Waals surface area contributed by atoms with Crippen LogP contribution in [-0.2, 0) is 4.79 Å². The van der Waals surface area contributed by atoms with Crippen LogP contribution in [0.4, 0.5) is 10.1 Å². The zero-order valence-electron chi connectivity index (χ0n) is 10.6. The Morgan fingerprint density at radius 2 is 2.26 bits per heavy atom. The van der Waals surface area contributed by atoms with Crippen LogP contribution in [0.3, 0.4) is 0 Å². The topological polar surface area (TPSA) is 44.4 Å². The second-order valence-electron chi connectivity index (χ2n) is 4.55. The van der Waals surface area contributed by atoms with Crippen LogP contribution < -0.4 is 10.6 Å². The largest absolute Gasteiger partial charge is 0.324 e. The highest BCUT2D eigenvalue weighted by atomic mass is 35.5. The first kappa shape index (κ1) is 14.2. The molecule has 2 N–H and O–H groups in total. The molecule has 1 fully saturated rings. The van der Waals surface area contributed by atoms with Crippen LogP contribution in [0.25, 0.3) is 0 Å². The van der Waals surface area contributed by atoms with Gasteiger partial charge in [0.1, 0.15) is 5.82 Å². The van der Waals surface area contributed by atoms with Crippen LogP contribution in [0.15, 0.2) is 18.2 Å². The molecule has 0 spiro atoms. The first-order valence-corrected chi connectivity index (χ1v) is 6.71. The fraction of sp³-hybridized carbons (Fsp3) is 0.462. The van der Waals surface area contributed by atoms with Crippen molar-refractivity contribution >= 4 is 23.2 Å². The third-order valence-electron chi connectivity index (χ3n) is 3.00. The normalized spacial score (nSPS) is 16.9. The summed E-state index contributed by atoms with van der Waals surface area (Å²) in [6, 6.07) is 3.92. The number of hydrogen-bond acceptors (Lipinski definition) is 3. The van der Waals surface area contributed by atoms with Crippen molar-refractivity contribution in [3.8, 4) is 0 Å². The number of hydrogen-bond donors (Lipinski definition) is 2. The lowest BCUT2D eigenvalue weighted by atomic mass is 10.3. The number of nitrogens with zero attached hydrogens (tertiary/aromatic N) is 1. The quantitative estimate of drug-likeness (QED) is 0.889. The molecule has 0 aromatic heterocycles. The molecule has 0 atom stereocenters. The number of anilines is 1. The van der Waals surface area contributed by atoms with E-state index in [1.54, 1.807) is 0 Å². The number of carbonyl (C=O) groups is 1. The van der Waals surface area contributed by atoms with Gasteiger partial charge in [0.15, 0.2) is 0 Å². The monoisotopic (exact) mass is 285 g/mol. The average molecular weight is 286 g/mol. The van der Waals surface area contributed by atoms with Gasteiger partial charge < -0.3 is 10.6 Å². The van der Waals surface area contributed by atoms with E-state index in [1.807, 2.05) is 0 Å². The van der Waals surface area contributed by atoms with E-state index < -0.39 is 5.82 Å². The van der Waals surface area contributed by atoms with Gasteiger partial charge in [-0.15, -0.1) is 0 Å². The highest BCUT2D eigenvalue weighted by molar-refractivity contribution is 6.33. The average Bonchev–Trinajstić information content (AvgIpc) is 2.62. The summed E-state index contributed by atoms with van der Waals surface area (Å²) >= 11 is 5.90. The summed E-state index contributed by atoms with van der Waals surface area (Å²) in [6.07, 6.45) is 1.02. The molecule has 0 saturated carbocycles. The van der Waals surface area contributed by atoms with E-state index in [9.17, 15) is 9.18 Å². The molecule has 6 heteroatoms. The van der Waals surface area contributed by atoms with E-state index >= 15 is 0 Å². The zero-order chi connectivity index (χ0) is 13.7. The van der Waals surface area contributed by atoms with E-state index in [0.717, 1.165) is 32.6 Å². The molecule has 104 valence electrons. The summed E-state index contributed by atoms with van der Waals surface area (Å²) in [7, 11) is 0. The number of nitrogens with one attached hydrogen (secondary N) is 2. The Labute approximate surface area is 116 Å². The molecule has 1 aliphatic heterocycles. The molecule has 19 heavy (non-hydrogen) atoms. The lowest BCUT2D eigenvalue weighted by Gasteiger charge is -2.18. The smallest absolute Gasteiger partial charge is 0.238 e. The predicted molar refractivity (Wildman–Crippen MR) is 74.0 cm³/mol. The van der Waals surface area contributed by atoms with E-state index in [1.165, 1.54) is 18.2 Å². The number of benzene rings is 1. The Kier molecular flexibility index (Phi) is 5.13. The molecule has 1 amide bonds. The standard InChI is InChI=1S/C13H17ClFN3O/c14-11-3-2-10(15)8-12(11)17-13(19)9-18-6-1-4-16-5-7-18/h2-3,8,16H,1,4-7,9H2,(H,17,19). The summed E-state index contributed by atoms with van der Waals surface area (Å²) in [4.78, 5) is 14.0. The second-order valence-corrected chi connectivity index (χ2v) is 4.96. The molecular formula is C13H17ClFN3O. The molecule has 1 aromatic carbocycles. The van der Waals surface area contributed by atoms with Crippen molar-refractivity contribution < 1.29 is 9.18 Å². The zero-order valence-corrected chi connectivity index (χ0v) is 11.3. The number of halogens is 2. The van der Waals surface area contributed by atoms with Gasteiger partial charge in [-0.25, -0.2) is 4.39 Å². The predicted octanol–water partition coefficient (Wildman–Crippen LogP) is 1.71. The molecule has 1 saturated heterocycles. The Hall–Kier alpha value is -1.17. The molecule has 1 aromatic rings. The summed E-state index contributed by atoms with van der Waals surface area (Å²) in [5, 5.41) is 6.26. The van der Waals surface area contributed by atoms with Crippen molar-refractivity contribution in [3.63, 3.8) is 0 Å². The first-order chi connectivity index (χ1) is 9.15. The molecule has 0 aliphatic carbocycles. The molecule has 0 radical (unpaired) electrons.